The lowest BCUT2D eigenvalue weighted by molar-refractivity contribution is 0.471. The maximum absolute atomic E-state index is 8.74. The molecule has 0 aliphatic heterocycles. The predicted octanol–water partition coefficient (Wildman–Crippen LogP) is 2.75. The third-order valence-corrected chi connectivity index (χ3v) is 2.46. The second-order valence-corrected chi connectivity index (χ2v) is 3.59. The first-order chi connectivity index (χ1) is 7.31. The van der Waals surface area contributed by atoms with E-state index in [1.165, 1.54) is 16.3 Å². The number of fused-ring (bicyclic) bond motifs is 1. The van der Waals surface area contributed by atoms with Crippen LogP contribution in [0.15, 0.2) is 42.5 Å². The molecule has 2 heteroatoms. The van der Waals surface area contributed by atoms with Gasteiger partial charge in [-0.05, 0) is 16.3 Å². The zero-order valence-corrected chi connectivity index (χ0v) is 8.64. The van der Waals surface area contributed by atoms with Crippen LogP contribution in [0.3, 0.4) is 0 Å². The summed E-state index contributed by atoms with van der Waals surface area (Å²) in [6.07, 6.45) is 2.11. The van der Waals surface area contributed by atoms with Crippen LogP contribution in [-0.4, -0.2) is 11.9 Å². The van der Waals surface area contributed by atoms with Gasteiger partial charge in [0.05, 0.1) is 6.54 Å². The van der Waals surface area contributed by atoms with Crippen molar-refractivity contribution < 1.29 is 0 Å². The summed E-state index contributed by atoms with van der Waals surface area (Å²) in [5.41, 5.74) is 1.19. The number of hydrogen-bond acceptors (Lipinski definition) is 2. The summed E-state index contributed by atoms with van der Waals surface area (Å²) in [4.78, 5) is 1.63. The van der Waals surface area contributed by atoms with Gasteiger partial charge in [-0.1, -0.05) is 42.5 Å². The minimum absolute atomic E-state index is 0.665. The minimum Gasteiger partial charge on any atom is -0.309 e. The first kappa shape index (κ1) is 9.54. The number of nitrogens with zero attached hydrogens (tertiary/aromatic N) is 2. The molecule has 15 heavy (non-hydrogen) atoms. The summed E-state index contributed by atoms with van der Waals surface area (Å²) in [5, 5.41) is 11.2. The molecule has 0 spiro atoms. The molecule has 2 nitrogen and oxygen atoms in total. The van der Waals surface area contributed by atoms with Crippen LogP contribution in [0.2, 0.25) is 0 Å². The predicted molar refractivity (Wildman–Crippen MR) is 61.0 cm³/mol. The highest BCUT2D eigenvalue weighted by molar-refractivity contribution is 5.85. The molecule has 0 aromatic heterocycles. The van der Waals surface area contributed by atoms with Gasteiger partial charge in [0.25, 0.3) is 0 Å². The molecule has 0 unspecified atom stereocenters. The SMILES string of the molecule is CN(C#N)Cc1cccc2ccccc12. The van der Waals surface area contributed by atoms with Gasteiger partial charge in [0, 0.05) is 7.05 Å². The van der Waals surface area contributed by atoms with Crippen molar-refractivity contribution in [2.75, 3.05) is 7.05 Å². The molecule has 0 atom stereocenters. The number of hydrogen-bond donors (Lipinski definition) is 0. The Hall–Kier alpha value is -2.01. The maximum atomic E-state index is 8.74. The Bertz CT molecular complexity index is 506. The van der Waals surface area contributed by atoms with Crippen LogP contribution >= 0.6 is 0 Å². The minimum atomic E-state index is 0.665. The Balaban J connectivity index is 2.48. The average Bonchev–Trinajstić information content (AvgIpc) is 2.29. The van der Waals surface area contributed by atoms with Crippen molar-refractivity contribution in [3.63, 3.8) is 0 Å². The van der Waals surface area contributed by atoms with Crippen molar-refractivity contribution in [3.8, 4) is 6.19 Å². The second kappa shape index (κ2) is 4.02. The zero-order valence-electron chi connectivity index (χ0n) is 8.64. The van der Waals surface area contributed by atoms with E-state index in [1.54, 1.807) is 11.9 Å². The molecule has 0 N–H and O–H groups in total. The van der Waals surface area contributed by atoms with Crippen LogP contribution < -0.4 is 0 Å². The van der Waals surface area contributed by atoms with Crippen molar-refractivity contribution in [3.05, 3.63) is 48.0 Å². The van der Waals surface area contributed by atoms with Gasteiger partial charge in [0.15, 0.2) is 6.19 Å². The lowest BCUT2D eigenvalue weighted by Gasteiger charge is -2.11. The van der Waals surface area contributed by atoms with Gasteiger partial charge in [-0.2, -0.15) is 5.26 Å². The van der Waals surface area contributed by atoms with Gasteiger partial charge in [-0.25, -0.2) is 0 Å². The molecule has 0 fully saturated rings. The smallest absolute Gasteiger partial charge is 0.179 e. The molecule has 0 aliphatic carbocycles. The van der Waals surface area contributed by atoms with E-state index in [4.69, 9.17) is 5.26 Å². The van der Waals surface area contributed by atoms with Crippen LogP contribution in [0.4, 0.5) is 0 Å². The highest BCUT2D eigenvalue weighted by Crippen LogP contribution is 2.19. The zero-order chi connectivity index (χ0) is 10.7. The Kier molecular flexibility index (Phi) is 2.55. The Morgan fingerprint density at radius 2 is 1.87 bits per heavy atom. The molecule has 2 rings (SSSR count). The summed E-state index contributed by atoms with van der Waals surface area (Å²) in [6, 6.07) is 14.4. The summed E-state index contributed by atoms with van der Waals surface area (Å²) in [7, 11) is 1.79. The third-order valence-electron chi connectivity index (χ3n) is 2.46. The van der Waals surface area contributed by atoms with Gasteiger partial charge in [-0.3, -0.25) is 0 Å². The van der Waals surface area contributed by atoms with Crippen LogP contribution in [0.1, 0.15) is 5.56 Å². The van der Waals surface area contributed by atoms with Gasteiger partial charge in [0.1, 0.15) is 0 Å². The maximum Gasteiger partial charge on any atom is 0.179 e. The fraction of sp³-hybridized carbons (Fsp3) is 0.154. The lowest BCUT2D eigenvalue weighted by atomic mass is 10.0. The van der Waals surface area contributed by atoms with E-state index < -0.39 is 0 Å². The normalized spacial score (nSPS) is 9.87. The van der Waals surface area contributed by atoms with Crippen LogP contribution in [-0.2, 0) is 6.54 Å². The van der Waals surface area contributed by atoms with Crippen molar-refractivity contribution in [2.24, 2.45) is 0 Å². The fourth-order valence-electron chi connectivity index (χ4n) is 1.72. The van der Waals surface area contributed by atoms with Gasteiger partial charge >= 0.3 is 0 Å². The molecule has 2 aromatic carbocycles. The number of benzene rings is 2. The Morgan fingerprint density at radius 3 is 2.67 bits per heavy atom. The van der Waals surface area contributed by atoms with Crippen LogP contribution in [0.5, 0.6) is 0 Å². The van der Waals surface area contributed by atoms with E-state index in [0.29, 0.717) is 6.54 Å². The topological polar surface area (TPSA) is 27.0 Å². The highest BCUT2D eigenvalue weighted by atomic mass is 15.1. The van der Waals surface area contributed by atoms with E-state index in [-0.39, 0.29) is 0 Å². The largest absolute Gasteiger partial charge is 0.309 e. The molecule has 0 bridgehead atoms. The third kappa shape index (κ3) is 1.92. The average molecular weight is 196 g/mol. The van der Waals surface area contributed by atoms with Gasteiger partial charge < -0.3 is 4.90 Å². The Morgan fingerprint density at radius 1 is 1.13 bits per heavy atom. The second-order valence-electron chi connectivity index (χ2n) is 3.59. The first-order valence-electron chi connectivity index (χ1n) is 4.89. The van der Waals surface area contributed by atoms with Crippen molar-refractivity contribution in [1.82, 2.24) is 4.90 Å². The summed E-state index contributed by atoms with van der Waals surface area (Å²) in [5.74, 6) is 0. The lowest BCUT2D eigenvalue weighted by Crippen LogP contribution is -2.10. The van der Waals surface area contributed by atoms with Gasteiger partial charge in [0.2, 0.25) is 0 Å². The van der Waals surface area contributed by atoms with E-state index in [9.17, 15) is 0 Å². The van der Waals surface area contributed by atoms with Crippen LogP contribution in [0.25, 0.3) is 10.8 Å². The summed E-state index contributed by atoms with van der Waals surface area (Å²) in [6.45, 7) is 0.665. The molecule has 0 saturated heterocycles. The molecular weight excluding hydrogens is 184 g/mol. The molecule has 74 valence electrons. The van der Waals surface area contributed by atoms with E-state index >= 15 is 0 Å². The Labute approximate surface area is 89.4 Å². The van der Waals surface area contributed by atoms with Crippen molar-refractivity contribution >= 4 is 10.8 Å². The molecule has 0 saturated carbocycles. The van der Waals surface area contributed by atoms with Crippen LogP contribution in [0, 0.1) is 11.5 Å². The van der Waals surface area contributed by atoms with Gasteiger partial charge in [-0.15, -0.1) is 0 Å². The quantitative estimate of drug-likeness (QED) is 0.545. The van der Waals surface area contributed by atoms with E-state index in [2.05, 4.69) is 30.5 Å². The van der Waals surface area contributed by atoms with E-state index in [1.807, 2.05) is 18.2 Å². The van der Waals surface area contributed by atoms with Crippen molar-refractivity contribution in [2.45, 2.75) is 6.54 Å². The number of nitriles is 1. The van der Waals surface area contributed by atoms with Crippen molar-refractivity contribution in [1.29, 1.82) is 5.26 Å². The highest BCUT2D eigenvalue weighted by Gasteiger charge is 2.01. The molecule has 0 radical (unpaired) electrons. The monoisotopic (exact) mass is 196 g/mol. The molecule has 2 aromatic rings. The molecule has 0 aliphatic rings. The fourth-order valence-corrected chi connectivity index (χ4v) is 1.72. The summed E-state index contributed by atoms with van der Waals surface area (Å²) < 4.78 is 0. The first-order valence-corrected chi connectivity index (χ1v) is 4.89. The number of rotatable bonds is 2. The molecule has 0 amide bonds. The standard InChI is InChI=1S/C13H12N2/c1-15(10-14)9-12-7-4-6-11-5-2-3-8-13(11)12/h2-8H,9H2,1H3. The van der Waals surface area contributed by atoms with E-state index in [0.717, 1.165) is 0 Å². The summed E-state index contributed by atoms with van der Waals surface area (Å²) >= 11 is 0. The molecule has 0 heterocycles. The molecular formula is C13H12N2.